The van der Waals surface area contributed by atoms with E-state index in [2.05, 4.69) is 4.98 Å². The summed E-state index contributed by atoms with van der Waals surface area (Å²) in [6.07, 6.45) is 5.56. The molecule has 0 aliphatic rings. The molecule has 3 rings (SSSR count). The summed E-state index contributed by atoms with van der Waals surface area (Å²) in [6, 6.07) is 7.39. The summed E-state index contributed by atoms with van der Waals surface area (Å²) < 4.78 is 3.58. The molecule has 4 nitrogen and oxygen atoms in total. The van der Waals surface area contributed by atoms with E-state index in [1.807, 2.05) is 43.8 Å². The van der Waals surface area contributed by atoms with Crippen LogP contribution in [0.25, 0.3) is 16.9 Å². The highest BCUT2D eigenvalue weighted by molar-refractivity contribution is 6.30. The SMILES string of the molecule is Cn1cc[n+]2cc(-c3cccc(Cl)c3)[nH]c(=O)c12. The van der Waals surface area contributed by atoms with E-state index in [1.54, 1.807) is 15.0 Å². The summed E-state index contributed by atoms with van der Waals surface area (Å²) in [5.74, 6) is 0. The van der Waals surface area contributed by atoms with Crippen molar-refractivity contribution in [1.29, 1.82) is 0 Å². The zero-order valence-electron chi connectivity index (χ0n) is 9.72. The first-order chi connectivity index (χ1) is 8.65. The first kappa shape index (κ1) is 11.0. The Labute approximate surface area is 108 Å². The van der Waals surface area contributed by atoms with Crippen LogP contribution in [0.15, 0.2) is 47.7 Å². The fourth-order valence-electron chi connectivity index (χ4n) is 2.03. The number of halogens is 1. The Morgan fingerprint density at radius 1 is 1.39 bits per heavy atom. The maximum absolute atomic E-state index is 12.0. The minimum absolute atomic E-state index is 0.125. The molecule has 2 heterocycles. The van der Waals surface area contributed by atoms with Crippen molar-refractivity contribution < 1.29 is 4.40 Å². The quantitative estimate of drug-likeness (QED) is 0.666. The number of benzene rings is 1. The van der Waals surface area contributed by atoms with Gasteiger partial charge in [0.1, 0.15) is 18.6 Å². The minimum Gasteiger partial charge on any atom is -0.312 e. The molecule has 18 heavy (non-hydrogen) atoms. The zero-order valence-corrected chi connectivity index (χ0v) is 10.5. The Morgan fingerprint density at radius 2 is 2.22 bits per heavy atom. The number of fused-ring (bicyclic) bond motifs is 1. The van der Waals surface area contributed by atoms with Crippen LogP contribution < -0.4 is 9.96 Å². The summed E-state index contributed by atoms with van der Waals surface area (Å²) in [7, 11) is 1.84. The van der Waals surface area contributed by atoms with Crippen LogP contribution >= 0.6 is 11.6 Å². The van der Waals surface area contributed by atoms with E-state index < -0.39 is 0 Å². The molecular weight excluding hydrogens is 250 g/mol. The summed E-state index contributed by atoms with van der Waals surface area (Å²) in [4.78, 5) is 14.9. The monoisotopic (exact) mass is 260 g/mol. The van der Waals surface area contributed by atoms with Gasteiger partial charge in [-0.3, -0.25) is 4.79 Å². The van der Waals surface area contributed by atoms with E-state index in [9.17, 15) is 4.79 Å². The summed E-state index contributed by atoms with van der Waals surface area (Å²) >= 11 is 5.95. The fraction of sp³-hybridized carbons (Fsp3) is 0.0769. The van der Waals surface area contributed by atoms with Crippen LogP contribution in [0.4, 0.5) is 0 Å². The van der Waals surface area contributed by atoms with E-state index in [1.165, 1.54) is 0 Å². The Kier molecular flexibility index (Phi) is 2.45. The van der Waals surface area contributed by atoms with Crippen LogP contribution in [0.3, 0.4) is 0 Å². The maximum Gasteiger partial charge on any atom is 0.352 e. The number of hydrogen-bond acceptors (Lipinski definition) is 1. The Morgan fingerprint density at radius 3 is 3.00 bits per heavy atom. The third-order valence-electron chi connectivity index (χ3n) is 2.88. The highest BCUT2D eigenvalue weighted by Crippen LogP contribution is 2.19. The number of aromatic nitrogens is 3. The summed E-state index contributed by atoms with van der Waals surface area (Å²) in [5, 5.41) is 0.645. The second-order valence-corrected chi connectivity index (χ2v) is 4.58. The lowest BCUT2D eigenvalue weighted by molar-refractivity contribution is -0.511. The van der Waals surface area contributed by atoms with Gasteiger partial charge in [0, 0.05) is 10.6 Å². The van der Waals surface area contributed by atoms with E-state index in [0.29, 0.717) is 10.7 Å². The van der Waals surface area contributed by atoms with Gasteiger partial charge in [-0.15, -0.1) is 0 Å². The normalized spacial score (nSPS) is 11.0. The van der Waals surface area contributed by atoms with Crippen LogP contribution in [0.1, 0.15) is 0 Å². The van der Waals surface area contributed by atoms with Crippen LogP contribution in [0.2, 0.25) is 5.02 Å². The Balaban J connectivity index is 2.28. The van der Waals surface area contributed by atoms with Gasteiger partial charge in [-0.1, -0.05) is 23.7 Å². The summed E-state index contributed by atoms with van der Waals surface area (Å²) in [6.45, 7) is 0. The fourth-order valence-corrected chi connectivity index (χ4v) is 2.22. The third-order valence-corrected chi connectivity index (χ3v) is 3.12. The molecule has 0 bridgehead atoms. The van der Waals surface area contributed by atoms with Gasteiger partial charge in [0.25, 0.3) is 0 Å². The van der Waals surface area contributed by atoms with Crippen molar-refractivity contribution in [2.24, 2.45) is 7.05 Å². The number of rotatable bonds is 1. The number of imidazole rings is 1. The average Bonchev–Trinajstić information content (AvgIpc) is 2.71. The van der Waals surface area contributed by atoms with Crippen LogP contribution in [0, 0.1) is 0 Å². The first-order valence-electron chi connectivity index (χ1n) is 5.51. The second-order valence-electron chi connectivity index (χ2n) is 4.15. The molecule has 0 fully saturated rings. The van der Waals surface area contributed by atoms with Gasteiger partial charge >= 0.3 is 11.2 Å². The highest BCUT2D eigenvalue weighted by Gasteiger charge is 2.13. The smallest absolute Gasteiger partial charge is 0.312 e. The maximum atomic E-state index is 12.0. The lowest BCUT2D eigenvalue weighted by Gasteiger charge is -2.00. The van der Waals surface area contributed by atoms with Crippen molar-refractivity contribution in [2.75, 3.05) is 0 Å². The lowest BCUT2D eigenvalue weighted by Crippen LogP contribution is -2.29. The van der Waals surface area contributed by atoms with E-state index in [0.717, 1.165) is 11.3 Å². The molecule has 0 radical (unpaired) electrons. The molecule has 0 saturated carbocycles. The van der Waals surface area contributed by atoms with Gasteiger partial charge in [0.2, 0.25) is 0 Å². The van der Waals surface area contributed by atoms with Crippen LogP contribution in [0.5, 0.6) is 0 Å². The number of H-pyrrole nitrogens is 1. The first-order valence-corrected chi connectivity index (χ1v) is 5.88. The molecule has 5 heteroatoms. The largest absolute Gasteiger partial charge is 0.352 e. The molecule has 3 aromatic rings. The standard InChI is InChI=1S/C13H10ClN3O/c1-16-5-6-17-8-11(15-12(18)13(16)17)9-3-2-4-10(14)7-9/h2-8H,1H3/p+1. The molecule has 0 saturated heterocycles. The third kappa shape index (κ3) is 1.71. The van der Waals surface area contributed by atoms with Crippen molar-refractivity contribution in [3.63, 3.8) is 0 Å². The second kappa shape index (κ2) is 3.99. The number of aromatic amines is 1. The lowest BCUT2D eigenvalue weighted by atomic mass is 10.2. The van der Waals surface area contributed by atoms with Gasteiger partial charge < -0.3 is 4.98 Å². The van der Waals surface area contributed by atoms with Gasteiger partial charge in [-0.25, -0.2) is 4.57 Å². The van der Waals surface area contributed by atoms with E-state index in [-0.39, 0.29) is 5.56 Å². The van der Waals surface area contributed by atoms with Crippen molar-refractivity contribution in [3.05, 3.63) is 58.2 Å². The Bertz CT molecular complexity index is 788. The van der Waals surface area contributed by atoms with Crippen molar-refractivity contribution in [1.82, 2.24) is 9.55 Å². The molecular formula is C13H11ClN3O+. The Hall–Kier alpha value is -2.07. The molecule has 0 aliphatic carbocycles. The number of aryl methyl sites for hydroxylation is 1. The highest BCUT2D eigenvalue weighted by atomic mass is 35.5. The average molecular weight is 261 g/mol. The van der Waals surface area contributed by atoms with Crippen LogP contribution in [-0.2, 0) is 7.05 Å². The van der Waals surface area contributed by atoms with Crippen molar-refractivity contribution >= 4 is 17.2 Å². The van der Waals surface area contributed by atoms with E-state index >= 15 is 0 Å². The zero-order chi connectivity index (χ0) is 12.7. The summed E-state index contributed by atoms with van der Waals surface area (Å²) in [5.41, 5.74) is 2.10. The van der Waals surface area contributed by atoms with Crippen molar-refractivity contribution in [3.8, 4) is 11.3 Å². The number of nitrogens with one attached hydrogen (secondary N) is 1. The molecule has 0 aliphatic heterocycles. The van der Waals surface area contributed by atoms with Gasteiger partial charge in [-0.2, -0.15) is 4.40 Å². The van der Waals surface area contributed by atoms with Gasteiger partial charge in [-0.05, 0) is 12.1 Å². The van der Waals surface area contributed by atoms with Crippen molar-refractivity contribution in [2.45, 2.75) is 0 Å². The molecule has 1 N–H and O–H groups in total. The molecule has 0 atom stereocenters. The van der Waals surface area contributed by atoms with Crippen LogP contribution in [-0.4, -0.2) is 9.55 Å². The molecule has 0 unspecified atom stereocenters. The minimum atomic E-state index is -0.125. The number of hydrogen-bond donors (Lipinski definition) is 1. The predicted molar refractivity (Wildman–Crippen MR) is 69.6 cm³/mol. The molecule has 0 spiro atoms. The molecule has 1 aromatic carbocycles. The number of nitrogens with zero attached hydrogens (tertiary/aromatic N) is 2. The van der Waals surface area contributed by atoms with E-state index in [4.69, 9.17) is 11.6 Å². The molecule has 2 aromatic heterocycles. The topological polar surface area (TPSA) is 41.9 Å². The van der Waals surface area contributed by atoms with Gasteiger partial charge in [0.15, 0.2) is 0 Å². The molecule has 0 amide bonds. The van der Waals surface area contributed by atoms with Gasteiger partial charge in [0.05, 0.1) is 12.7 Å². The predicted octanol–water partition coefficient (Wildman–Crippen LogP) is 1.77. The molecule has 90 valence electrons.